The van der Waals surface area contributed by atoms with Crippen molar-refractivity contribution in [3.05, 3.63) is 0 Å². The summed E-state index contributed by atoms with van der Waals surface area (Å²) in [6.07, 6.45) is 13.6. The zero-order valence-electron chi connectivity index (χ0n) is 14.3. The molecule has 0 aromatic heterocycles. The molecule has 0 amide bonds. The molecule has 120 valence electrons. The normalized spacial score (nSPS) is 60.0. The van der Waals surface area contributed by atoms with Gasteiger partial charge in [0.1, 0.15) is 0 Å². The highest BCUT2D eigenvalue weighted by molar-refractivity contribution is 5.11. The first-order chi connectivity index (χ1) is 9.88. The minimum absolute atomic E-state index is 0.0278. The highest BCUT2D eigenvalue weighted by Gasteiger charge is 2.61. The van der Waals surface area contributed by atoms with E-state index in [1.165, 1.54) is 51.4 Å². The smallest absolute Gasteiger partial charge is 0.0545 e. The summed E-state index contributed by atoms with van der Waals surface area (Å²) in [6.45, 7) is 7.71. The Morgan fingerprint density at radius 1 is 0.810 bits per heavy atom. The molecule has 0 unspecified atom stereocenters. The first kappa shape index (κ1) is 14.5. The summed E-state index contributed by atoms with van der Waals surface area (Å²) in [5.74, 6) is 2.96. The van der Waals surface area contributed by atoms with Gasteiger partial charge in [0.15, 0.2) is 0 Å². The van der Waals surface area contributed by atoms with Crippen LogP contribution >= 0.6 is 0 Å². The quantitative estimate of drug-likeness (QED) is 0.652. The summed E-state index contributed by atoms with van der Waals surface area (Å²) in [5, 5.41) is 10.2. The van der Waals surface area contributed by atoms with Gasteiger partial charge in [-0.2, -0.15) is 0 Å². The van der Waals surface area contributed by atoms with Crippen molar-refractivity contribution in [1.82, 2.24) is 0 Å². The lowest BCUT2D eigenvalue weighted by atomic mass is 9.40. The van der Waals surface area contributed by atoms with Crippen LogP contribution in [0, 0.1) is 34.0 Å². The molecule has 4 saturated carbocycles. The Hall–Kier alpha value is -0.0400. The molecule has 4 aliphatic rings. The van der Waals surface area contributed by atoms with Crippen LogP contribution in [0.25, 0.3) is 0 Å². The Morgan fingerprint density at radius 3 is 2.43 bits per heavy atom. The van der Waals surface area contributed by atoms with Crippen molar-refractivity contribution in [2.24, 2.45) is 34.0 Å². The van der Waals surface area contributed by atoms with Gasteiger partial charge in [-0.3, -0.25) is 0 Å². The first-order valence-electron chi connectivity index (χ1n) is 9.56. The fraction of sp³-hybridized carbons (Fsp3) is 1.00. The van der Waals surface area contributed by atoms with E-state index >= 15 is 0 Å². The van der Waals surface area contributed by atoms with E-state index in [0.717, 1.165) is 30.6 Å². The van der Waals surface area contributed by atoms with Gasteiger partial charge in [0.05, 0.1) is 6.10 Å². The molecular formula is C20H34O. The van der Waals surface area contributed by atoms with Crippen LogP contribution in [0.3, 0.4) is 0 Å². The molecule has 1 nitrogen and oxygen atoms in total. The summed E-state index contributed by atoms with van der Waals surface area (Å²) in [6, 6.07) is 0. The molecule has 0 aromatic rings. The molecular weight excluding hydrogens is 256 g/mol. The predicted molar refractivity (Wildman–Crippen MR) is 87.0 cm³/mol. The van der Waals surface area contributed by atoms with E-state index in [0.29, 0.717) is 16.2 Å². The number of fused-ring (bicyclic) bond motifs is 5. The van der Waals surface area contributed by atoms with Gasteiger partial charge < -0.3 is 5.11 Å². The maximum absolute atomic E-state index is 10.2. The molecule has 4 aliphatic carbocycles. The monoisotopic (exact) mass is 290 g/mol. The van der Waals surface area contributed by atoms with Gasteiger partial charge >= 0.3 is 0 Å². The number of aliphatic hydroxyl groups excluding tert-OH is 1. The van der Waals surface area contributed by atoms with Crippen LogP contribution in [0.1, 0.15) is 85.0 Å². The second kappa shape index (κ2) is 4.49. The summed E-state index contributed by atoms with van der Waals surface area (Å²) >= 11 is 0. The minimum Gasteiger partial charge on any atom is -0.393 e. The number of hydrogen-bond acceptors (Lipinski definition) is 1. The van der Waals surface area contributed by atoms with E-state index in [-0.39, 0.29) is 6.10 Å². The molecule has 0 bridgehead atoms. The second-order valence-electron chi connectivity index (χ2n) is 9.88. The standard InChI is InChI=1S/C20H34O/c1-18-9-4-5-16(18)15-7-11-19(2)13-14(21)6-12-20(19,3)17(15)8-10-18/h14-17,21H,4-13H2,1-3H3/t14-,15-,16-,17-,18+,19-,20-/m0/s1. The lowest BCUT2D eigenvalue weighted by molar-refractivity contribution is -0.166. The average molecular weight is 290 g/mol. The molecule has 1 N–H and O–H groups in total. The van der Waals surface area contributed by atoms with Crippen LogP contribution in [0.4, 0.5) is 0 Å². The SMILES string of the molecule is C[C@]12CCC[C@H]1[C@@H]1CC[C@@]3(C)C[C@@H](O)CC[C@@]3(C)[C@H]1CC2. The molecule has 21 heavy (non-hydrogen) atoms. The second-order valence-corrected chi connectivity index (χ2v) is 9.88. The largest absolute Gasteiger partial charge is 0.393 e. The third-order valence-electron chi connectivity index (χ3n) is 9.13. The van der Waals surface area contributed by atoms with Gasteiger partial charge in [0, 0.05) is 0 Å². The van der Waals surface area contributed by atoms with Crippen molar-refractivity contribution in [3.63, 3.8) is 0 Å². The highest BCUT2D eigenvalue weighted by Crippen LogP contribution is 2.69. The Labute approximate surface area is 130 Å². The average Bonchev–Trinajstić information content (AvgIpc) is 2.82. The van der Waals surface area contributed by atoms with E-state index in [2.05, 4.69) is 20.8 Å². The fourth-order valence-corrected chi connectivity index (χ4v) is 7.60. The van der Waals surface area contributed by atoms with Crippen molar-refractivity contribution in [1.29, 1.82) is 0 Å². The molecule has 4 fully saturated rings. The molecule has 0 aliphatic heterocycles. The molecule has 4 rings (SSSR count). The summed E-state index contributed by atoms with van der Waals surface area (Å²) in [4.78, 5) is 0. The van der Waals surface area contributed by atoms with Crippen molar-refractivity contribution in [2.45, 2.75) is 91.1 Å². The van der Waals surface area contributed by atoms with Gasteiger partial charge in [-0.15, -0.1) is 0 Å². The van der Waals surface area contributed by atoms with Crippen LogP contribution in [-0.2, 0) is 0 Å². The maximum Gasteiger partial charge on any atom is 0.0545 e. The van der Waals surface area contributed by atoms with E-state index in [1.807, 2.05) is 0 Å². The number of aliphatic hydroxyl groups is 1. The van der Waals surface area contributed by atoms with E-state index < -0.39 is 0 Å². The van der Waals surface area contributed by atoms with Gasteiger partial charge in [0.25, 0.3) is 0 Å². The van der Waals surface area contributed by atoms with Crippen molar-refractivity contribution >= 4 is 0 Å². The lowest BCUT2D eigenvalue weighted by Crippen LogP contribution is -2.57. The first-order valence-corrected chi connectivity index (χ1v) is 9.56. The maximum atomic E-state index is 10.2. The van der Waals surface area contributed by atoms with Crippen molar-refractivity contribution in [3.8, 4) is 0 Å². The molecule has 0 heterocycles. The van der Waals surface area contributed by atoms with E-state index in [1.54, 1.807) is 0 Å². The van der Waals surface area contributed by atoms with Gasteiger partial charge in [-0.1, -0.05) is 27.2 Å². The Morgan fingerprint density at radius 2 is 1.62 bits per heavy atom. The molecule has 7 atom stereocenters. The fourth-order valence-electron chi connectivity index (χ4n) is 7.60. The predicted octanol–water partition coefficient (Wildman–Crippen LogP) is 5.17. The Balaban J connectivity index is 1.67. The zero-order chi connectivity index (χ0) is 14.9. The lowest BCUT2D eigenvalue weighted by Gasteiger charge is -2.64. The van der Waals surface area contributed by atoms with E-state index in [4.69, 9.17) is 0 Å². The van der Waals surface area contributed by atoms with Crippen LogP contribution in [0.5, 0.6) is 0 Å². The molecule has 1 heteroatoms. The Bertz CT molecular complexity index is 432. The van der Waals surface area contributed by atoms with E-state index in [9.17, 15) is 5.11 Å². The molecule has 0 spiro atoms. The molecule has 0 radical (unpaired) electrons. The van der Waals surface area contributed by atoms with Crippen molar-refractivity contribution in [2.75, 3.05) is 0 Å². The van der Waals surface area contributed by atoms with Gasteiger partial charge in [0.2, 0.25) is 0 Å². The number of rotatable bonds is 0. The molecule has 0 aromatic carbocycles. The van der Waals surface area contributed by atoms with Crippen LogP contribution < -0.4 is 0 Å². The van der Waals surface area contributed by atoms with Crippen LogP contribution in [0.2, 0.25) is 0 Å². The third-order valence-corrected chi connectivity index (χ3v) is 9.13. The Kier molecular flexibility index (Phi) is 3.11. The van der Waals surface area contributed by atoms with Crippen LogP contribution in [0.15, 0.2) is 0 Å². The summed E-state index contributed by atoms with van der Waals surface area (Å²) < 4.78 is 0. The van der Waals surface area contributed by atoms with Crippen LogP contribution in [-0.4, -0.2) is 11.2 Å². The minimum atomic E-state index is -0.0278. The van der Waals surface area contributed by atoms with Gasteiger partial charge in [-0.25, -0.2) is 0 Å². The summed E-state index contributed by atoms with van der Waals surface area (Å²) in [5.41, 5.74) is 1.58. The van der Waals surface area contributed by atoms with Gasteiger partial charge in [-0.05, 0) is 91.8 Å². The van der Waals surface area contributed by atoms with Crippen molar-refractivity contribution < 1.29 is 5.11 Å². The zero-order valence-corrected chi connectivity index (χ0v) is 14.3. The molecule has 0 saturated heterocycles. The third kappa shape index (κ3) is 1.85. The number of hydrogen-bond donors (Lipinski definition) is 1. The topological polar surface area (TPSA) is 20.2 Å². The summed E-state index contributed by atoms with van der Waals surface area (Å²) in [7, 11) is 0. The highest BCUT2D eigenvalue weighted by atomic mass is 16.3.